The second-order valence-electron chi connectivity index (χ2n) is 6.20. The predicted octanol–water partition coefficient (Wildman–Crippen LogP) is 3.23. The van der Waals surface area contributed by atoms with Crippen LogP contribution in [-0.2, 0) is 4.74 Å². The van der Waals surface area contributed by atoms with Gasteiger partial charge < -0.3 is 9.84 Å². The molecular formula is C14H28O2. The standard InChI is InChI=1S/C14H28O2/c1-10(2)13-7-6-12(5)8-14(13,15)9-16-11(3)4/h10-13,15H,6-9H2,1-5H3. The highest BCUT2D eigenvalue weighted by Crippen LogP contribution is 2.41. The fourth-order valence-corrected chi connectivity index (χ4v) is 3.02. The van der Waals surface area contributed by atoms with Gasteiger partial charge in [-0.1, -0.05) is 27.2 Å². The molecule has 0 bridgehead atoms. The minimum atomic E-state index is -0.601. The van der Waals surface area contributed by atoms with Crippen LogP contribution in [0.2, 0.25) is 0 Å². The quantitative estimate of drug-likeness (QED) is 0.800. The Bertz CT molecular complexity index is 213. The second kappa shape index (κ2) is 5.50. The Labute approximate surface area is 100 Å². The lowest BCUT2D eigenvalue weighted by atomic mass is 9.67. The lowest BCUT2D eigenvalue weighted by Crippen LogP contribution is -2.49. The molecule has 0 aromatic rings. The van der Waals surface area contributed by atoms with Crippen LogP contribution < -0.4 is 0 Å². The van der Waals surface area contributed by atoms with Gasteiger partial charge in [0.1, 0.15) is 0 Å². The zero-order valence-corrected chi connectivity index (χ0v) is 11.5. The maximum absolute atomic E-state index is 10.8. The smallest absolute Gasteiger partial charge is 0.0913 e. The van der Waals surface area contributed by atoms with Crippen LogP contribution in [-0.4, -0.2) is 23.4 Å². The second-order valence-corrected chi connectivity index (χ2v) is 6.20. The summed E-state index contributed by atoms with van der Waals surface area (Å²) in [6, 6.07) is 0. The van der Waals surface area contributed by atoms with Gasteiger partial charge in [-0.25, -0.2) is 0 Å². The summed E-state index contributed by atoms with van der Waals surface area (Å²) < 4.78 is 5.66. The Hall–Kier alpha value is -0.0800. The first-order valence-corrected chi connectivity index (χ1v) is 6.69. The van der Waals surface area contributed by atoms with Gasteiger partial charge in [0.25, 0.3) is 0 Å². The molecule has 0 spiro atoms. The SMILES string of the molecule is CC1CCC(C(C)C)C(O)(COC(C)C)C1. The van der Waals surface area contributed by atoms with E-state index in [1.807, 2.05) is 13.8 Å². The third-order valence-electron chi connectivity index (χ3n) is 3.83. The molecule has 1 fully saturated rings. The van der Waals surface area contributed by atoms with Crippen LogP contribution in [0.5, 0.6) is 0 Å². The number of rotatable bonds is 4. The van der Waals surface area contributed by atoms with E-state index >= 15 is 0 Å². The van der Waals surface area contributed by atoms with E-state index in [9.17, 15) is 5.11 Å². The molecule has 1 saturated carbocycles. The Balaban J connectivity index is 2.67. The molecule has 0 heterocycles. The van der Waals surface area contributed by atoms with Crippen molar-refractivity contribution in [2.24, 2.45) is 17.8 Å². The molecular weight excluding hydrogens is 200 g/mol. The summed E-state index contributed by atoms with van der Waals surface area (Å²) in [4.78, 5) is 0. The van der Waals surface area contributed by atoms with Crippen LogP contribution in [0.1, 0.15) is 53.9 Å². The summed E-state index contributed by atoms with van der Waals surface area (Å²) >= 11 is 0. The summed E-state index contributed by atoms with van der Waals surface area (Å²) in [5, 5.41) is 10.8. The summed E-state index contributed by atoms with van der Waals surface area (Å²) in [5.74, 6) is 1.55. The van der Waals surface area contributed by atoms with E-state index in [0.29, 0.717) is 24.4 Å². The van der Waals surface area contributed by atoms with Gasteiger partial charge in [-0.05, 0) is 44.4 Å². The third kappa shape index (κ3) is 3.46. The molecule has 0 saturated heterocycles. The highest BCUT2D eigenvalue weighted by Gasteiger charge is 2.42. The van der Waals surface area contributed by atoms with Crippen molar-refractivity contribution < 1.29 is 9.84 Å². The molecule has 3 unspecified atom stereocenters. The molecule has 3 atom stereocenters. The minimum absolute atomic E-state index is 0.203. The lowest BCUT2D eigenvalue weighted by Gasteiger charge is -2.44. The van der Waals surface area contributed by atoms with Crippen LogP contribution in [0.4, 0.5) is 0 Å². The van der Waals surface area contributed by atoms with E-state index in [-0.39, 0.29) is 6.10 Å². The Morgan fingerprint density at radius 2 is 1.88 bits per heavy atom. The van der Waals surface area contributed by atoms with Crippen LogP contribution in [0.3, 0.4) is 0 Å². The molecule has 2 heteroatoms. The zero-order valence-electron chi connectivity index (χ0n) is 11.5. The van der Waals surface area contributed by atoms with Crippen molar-refractivity contribution in [1.29, 1.82) is 0 Å². The highest BCUT2D eigenvalue weighted by atomic mass is 16.5. The van der Waals surface area contributed by atoms with Crippen molar-refractivity contribution in [1.82, 2.24) is 0 Å². The third-order valence-corrected chi connectivity index (χ3v) is 3.83. The minimum Gasteiger partial charge on any atom is -0.387 e. The van der Waals surface area contributed by atoms with Gasteiger partial charge in [0, 0.05) is 0 Å². The van der Waals surface area contributed by atoms with Crippen molar-refractivity contribution >= 4 is 0 Å². The van der Waals surface area contributed by atoms with E-state index in [2.05, 4.69) is 20.8 Å². The molecule has 1 aliphatic carbocycles. The fraction of sp³-hybridized carbons (Fsp3) is 1.00. The summed E-state index contributed by atoms with van der Waals surface area (Å²) in [7, 11) is 0. The van der Waals surface area contributed by atoms with E-state index < -0.39 is 5.60 Å². The van der Waals surface area contributed by atoms with Crippen molar-refractivity contribution in [3.05, 3.63) is 0 Å². The summed E-state index contributed by atoms with van der Waals surface area (Å²) in [6.45, 7) is 11.2. The van der Waals surface area contributed by atoms with E-state index in [0.717, 1.165) is 12.8 Å². The van der Waals surface area contributed by atoms with Gasteiger partial charge in [0.15, 0.2) is 0 Å². The predicted molar refractivity (Wildman–Crippen MR) is 67.4 cm³/mol. The maximum atomic E-state index is 10.8. The topological polar surface area (TPSA) is 29.5 Å². The fourth-order valence-electron chi connectivity index (χ4n) is 3.02. The Morgan fingerprint density at radius 1 is 1.25 bits per heavy atom. The monoisotopic (exact) mass is 228 g/mol. The highest BCUT2D eigenvalue weighted by molar-refractivity contribution is 4.93. The maximum Gasteiger partial charge on any atom is 0.0913 e. The van der Waals surface area contributed by atoms with Gasteiger partial charge >= 0.3 is 0 Å². The number of hydrogen-bond donors (Lipinski definition) is 1. The van der Waals surface area contributed by atoms with Crippen molar-refractivity contribution in [3.63, 3.8) is 0 Å². The van der Waals surface area contributed by atoms with E-state index in [1.54, 1.807) is 0 Å². The molecule has 1 N–H and O–H groups in total. The first kappa shape index (κ1) is 14.0. The molecule has 16 heavy (non-hydrogen) atoms. The first-order valence-electron chi connectivity index (χ1n) is 6.69. The average Bonchev–Trinajstić information content (AvgIpc) is 2.14. The number of aliphatic hydroxyl groups is 1. The molecule has 0 radical (unpaired) electrons. The number of ether oxygens (including phenoxy) is 1. The zero-order chi connectivity index (χ0) is 12.3. The Kier molecular flexibility index (Phi) is 4.81. The van der Waals surface area contributed by atoms with Crippen molar-refractivity contribution in [2.45, 2.75) is 65.6 Å². The molecule has 0 amide bonds. The molecule has 2 nitrogen and oxygen atoms in total. The first-order chi connectivity index (χ1) is 7.35. The molecule has 0 aliphatic heterocycles. The van der Waals surface area contributed by atoms with Gasteiger partial charge in [-0.3, -0.25) is 0 Å². The van der Waals surface area contributed by atoms with Gasteiger partial charge in [-0.2, -0.15) is 0 Å². The molecule has 0 aromatic carbocycles. The van der Waals surface area contributed by atoms with Crippen molar-refractivity contribution in [2.75, 3.05) is 6.61 Å². The number of hydrogen-bond acceptors (Lipinski definition) is 2. The Morgan fingerprint density at radius 3 is 2.38 bits per heavy atom. The van der Waals surface area contributed by atoms with E-state index in [1.165, 1.54) is 6.42 Å². The van der Waals surface area contributed by atoms with Crippen LogP contribution in [0.25, 0.3) is 0 Å². The van der Waals surface area contributed by atoms with E-state index in [4.69, 9.17) is 4.74 Å². The molecule has 0 aromatic heterocycles. The van der Waals surface area contributed by atoms with Crippen LogP contribution >= 0.6 is 0 Å². The normalized spacial score (nSPS) is 36.0. The summed E-state index contributed by atoms with van der Waals surface area (Å²) in [6.07, 6.45) is 3.47. The largest absolute Gasteiger partial charge is 0.387 e. The van der Waals surface area contributed by atoms with Crippen LogP contribution in [0, 0.1) is 17.8 Å². The summed E-state index contributed by atoms with van der Waals surface area (Å²) in [5.41, 5.74) is -0.601. The molecule has 1 aliphatic rings. The van der Waals surface area contributed by atoms with Gasteiger partial charge in [0.05, 0.1) is 18.3 Å². The van der Waals surface area contributed by atoms with Crippen LogP contribution in [0.15, 0.2) is 0 Å². The van der Waals surface area contributed by atoms with Crippen molar-refractivity contribution in [3.8, 4) is 0 Å². The molecule has 96 valence electrons. The average molecular weight is 228 g/mol. The molecule has 1 rings (SSSR count). The van der Waals surface area contributed by atoms with Gasteiger partial charge in [0.2, 0.25) is 0 Å². The van der Waals surface area contributed by atoms with Gasteiger partial charge in [-0.15, -0.1) is 0 Å². The lowest BCUT2D eigenvalue weighted by molar-refractivity contribution is -0.137.